The van der Waals surface area contributed by atoms with Crippen LogP contribution in [0.2, 0.25) is 0 Å². The number of thiocarbonyl (C=S) groups is 1. The van der Waals surface area contributed by atoms with Crippen LogP contribution in [0.3, 0.4) is 0 Å². The second-order valence-electron chi connectivity index (χ2n) is 7.05. The predicted octanol–water partition coefficient (Wildman–Crippen LogP) is 2.02. The first-order valence-electron chi connectivity index (χ1n) is 10.2. The minimum atomic E-state index is -0.817. The van der Waals surface area contributed by atoms with Crippen LogP contribution in [0.4, 0.5) is 0 Å². The van der Waals surface area contributed by atoms with E-state index in [1.807, 2.05) is 20.8 Å². The highest BCUT2D eigenvalue weighted by Gasteiger charge is 2.34. The highest BCUT2D eigenvalue weighted by atomic mass is 32.1. The molecule has 2 N–H and O–H groups in total. The van der Waals surface area contributed by atoms with E-state index in [0.717, 1.165) is 6.42 Å². The van der Waals surface area contributed by atoms with Crippen LogP contribution in [0.5, 0.6) is 5.75 Å². The number of amides is 2. The summed E-state index contributed by atoms with van der Waals surface area (Å²) < 4.78 is 10.8. The molecule has 1 aliphatic heterocycles. The van der Waals surface area contributed by atoms with Gasteiger partial charge in [0, 0.05) is 18.7 Å². The second-order valence-corrected chi connectivity index (χ2v) is 7.43. The quantitative estimate of drug-likeness (QED) is 0.476. The Hall–Kier alpha value is -2.68. The zero-order chi connectivity index (χ0) is 22.1. The third kappa shape index (κ3) is 6.69. The molecule has 0 saturated carbocycles. The molecule has 1 aromatic rings. The highest BCUT2D eigenvalue weighted by molar-refractivity contribution is 7.80. The van der Waals surface area contributed by atoms with Gasteiger partial charge in [-0.15, -0.1) is 0 Å². The first kappa shape index (κ1) is 23.6. The van der Waals surface area contributed by atoms with Crippen molar-refractivity contribution in [3.8, 4) is 5.75 Å². The number of carbonyl (C=O) groups excluding carboxylic acids is 3. The van der Waals surface area contributed by atoms with Crippen molar-refractivity contribution in [3.05, 3.63) is 29.8 Å². The van der Waals surface area contributed by atoms with Crippen LogP contribution in [0.1, 0.15) is 50.4 Å². The minimum Gasteiger partial charge on any atom is -0.491 e. The highest BCUT2D eigenvalue weighted by Crippen LogP contribution is 2.16. The van der Waals surface area contributed by atoms with Crippen LogP contribution < -0.4 is 15.4 Å². The summed E-state index contributed by atoms with van der Waals surface area (Å²) in [6.07, 6.45) is 1.53. The number of ether oxygens (including phenoxy) is 2. The molecule has 8 nitrogen and oxygen atoms in total. The predicted molar refractivity (Wildman–Crippen MR) is 116 cm³/mol. The Kier molecular flexibility index (Phi) is 9.04. The standard InChI is InChI=1S/C21H29N3O5S/c1-4-12-28-18(25)13-17-20(27)22-10-11-24(17)21(30)23-19(26)15-6-8-16(9-7-15)29-14(3)5-2/h6-9,14,17H,4-5,10-13H2,1-3H3,(H,22,27)(H,23,26,30). The van der Waals surface area contributed by atoms with E-state index in [0.29, 0.717) is 37.4 Å². The fourth-order valence-electron chi connectivity index (χ4n) is 2.84. The van der Waals surface area contributed by atoms with Crippen LogP contribution in [0, 0.1) is 0 Å². The summed E-state index contributed by atoms with van der Waals surface area (Å²) in [6.45, 7) is 6.95. The van der Waals surface area contributed by atoms with Gasteiger partial charge in [0.25, 0.3) is 5.91 Å². The molecule has 2 unspecified atom stereocenters. The Bertz CT molecular complexity index is 768. The molecule has 2 amide bonds. The molecule has 164 valence electrons. The van der Waals surface area contributed by atoms with Crippen molar-refractivity contribution in [3.63, 3.8) is 0 Å². The topological polar surface area (TPSA) is 97.0 Å². The van der Waals surface area contributed by atoms with Crippen molar-refractivity contribution in [1.29, 1.82) is 0 Å². The zero-order valence-corrected chi connectivity index (χ0v) is 18.4. The van der Waals surface area contributed by atoms with Crippen molar-refractivity contribution < 1.29 is 23.9 Å². The van der Waals surface area contributed by atoms with Crippen LogP contribution in [0.25, 0.3) is 0 Å². The van der Waals surface area contributed by atoms with Crippen molar-refractivity contribution in [2.45, 2.75) is 52.2 Å². The van der Waals surface area contributed by atoms with Gasteiger partial charge in [0.2, 0.25) is 5.91 Å². The van der Waals surface area contributed by atoms with Gasteiger partial charge in [-0.25, -0.2) is 0 Å². The maximum atomic E-state index is 12.6. The van der Waals surface area contributed by atoms with Gasteiger partial charge >= 0.3 is 5.97 Å². The van der Waals surface area contributed by atoms with Crippen LogP contribution in [0.15, 0.2) is 24.3 Å². The average molecular weight is 436 g/mol. The van der Waals surface area contributed by atoms with Crippen molar-refractivity contribution >= 4 is 35.1 Å². The van der Waals surface area contributed by atoms with E-state index in [-0.39, 0.29) is 23.5 Å². The Labute approximate surface area is 182 Å². The van der Waals surface area contributed by atoms with E-state index >= 15 is 0 Å². The largest absolute Gasteiger partial charge is 0.491 e. The minimum absolute atomic E-state index is 0.0865. The monoisotopic (exact) mass is 435 g/mol. The van der Waals surface area contributed by atoms with Gasteiger partial charge < -0.3 is 19.7 Å². The van der Waals surface area contributed by atoms with Gasteiger partial charge in [-0.2, -0.15) is 0 Å². The normalized spacial score (nSPS) is 17.0. The molecule has 2 atom stereocenters. The molecule has 9 heteroatoms. The number of esters is 1. The molecule has 0 aromatic heterocycles. The van der Waals surface area contributed by atoms with Crippen molar-refractivity contribution in [1.82, 2.24) is 15.5 Å². The summed E-state index contributed by atoms with van der Waals surface area (Å²) in [5.41, 5.74) is 0.411. The van der Waals surface area contributed by atoms with Gasteiger partial charge in [0.05, 0.1) is 19.1 Å². The first-order valence-corrected chi connectivity index (χ1v) is 10.6. The first-order chi connectivity index (χ1) is 14.3. The van der Waals surface area contributed by atoms with Crippen molar-refractivity contribution in [2.75, 3.05) is 19.7 Å². The molecule has 1 heterocycles. The number of hydrogen-bond donors (Lipinski definition) is 2. The summed E-state index contributed by atoms with van der Waals surface area (Å²) in [5.74, 6) is -0.511. The fourth-order valence-corrected chi connectivity index (χ4v) is 3.15. The Morgan fingerprint density at radius 1 is 1.30 bits per heavy atom. The lowest BCUT2D eigenvalue weighted by atomic mass is 10.1. The third-order valence-electron chi connectivity index (χ3n) is 4.67. The number of benzene rings is 1. The number of nitrogens with zero attached hydrogens (tertiary/aromatic N) is 1. The number of hydrogen-bond acceptors (Lipinski definition) is 6. The molecule has 2 rings (SSSR count). The SMILES string of the molecule is CCCOC(=O)CC1C(=O)NCCN1C(=S)NC(=O)c1ccc(OC(C)CC)cc1. The Morgan fingerprint density at radius 3 is 2.63 bits per heavy atom. The zero-order valence-electron chi connectivity index (χ0n) is 17.6. The molecular formula is C21H29N3O5S. The lowest BCUT2D eigenvalue weighted by Gasteiger charge is -2.36. The van der Waals surface area contributed by atoms with Gasteiger partial charge in [-0.05, 0) is 56.2 Å². The Balaban J connectivity index is 2.00. The summed E-state index contributed by atoms with van der Waals surface area (Å²) in [4.78, 5) is 38.4. The molecule has 0 aliphatic carbocycles. The van der Waals surface area contributed by atoms with E-state index in [1.165, 1.54) is 0 Å². The van der Waals surface area contributed by atoms with Crippen molar-refractivity contribution in [2.24, 2.45) is 0 Å². The summed E-state index contributed by atoms with van der Waals surface area (Å²) in [5, 5.41) is 5.47. The maximum absolute atomic E-state index is 12.6. The molecule has 1 aliphatic rings. The van der Waals surface area contributed by atoms with Crippen LogP contribution in [-0.2, 0) is 14.3 Å². The number of rotatable bonds is 8. The smallest absolute Gasteiger partial charge is 0.308 e. The maximum Gasteiger partial charge on any atom is 0.308 e. The summed E-state index contributed by atoms with van der Waals surface area (Å²) >= 11 is 5.36. The lowest BCUT2D eigenvalue weighted by Crippen LogP contribution is -2.60. The van der Waals surface area contributed by atoms with Crippen LogP contribution in [-0.4, -0.2) is 59.6 Å². The lowest BCUT2D eigenvalue weighted by molar-refractivity contribution is -0.147. The molecule has 1 aromatic carbocycles. The number of nitrogens with one attached hydrogen (secondary N) is 2. The molecule has 1 fully saturated rings. The van der Waals surface area contributed by atoms with E-state index in [4.69, 9.17) is 21.7 Å². The van der Waals surface area contributed by atoms with Gasteiger partial charge in [0.1, 0.15) is 11.8 Å². The van der Waals surface area contributed by atoms with E-state index in [1.54, 1.807) is 29.2 Å². The molecule has 0 spiro atoms. The summed E-state index contributed by atoms with van der Waals surface area (Å²) in [6, 6.07) is 5.94. The summed E-state index contributed by atoms with van der Waals surface area (Å²) in [7, 11) is 0. The van der Waals surface area contributed by atoms with Gasteiger partial charge in [-0.3, -0.25) is 19.7 Å². The molecular weight excluding hydrogens is 406 g/mol. The van der Waals surface area contributed by atoms with Gasteiger partial charge in [-0.1, -0.05) is 13.8 Å². The van der Waals surface area contributed by atoms with Gasteiger partial charge in [0.15, 0.2) is 5.11 Å². The van der Waals surface area contributed by atoms with E-state index in [2.05, 4.69) is 10.6 Å². The molecule has 30 heavy (non-hydrogen) atoms. The Morgan fingerprint density at radius 2 is 2.00 bits per heavy atom. The van der Waals surface area contributed by atoms with Crippen LogP contribution >= 0.6 is 12.2 Å². The van der Waals surface area contributed by atoms with E-state index < -0.39 is 17.9 Å². The van der Waals surface area contributed by atoms with E-state index in [9.17, 15) is 14.4 Å². The number of carbonyl (C=O) groups is 3. The average Bonchev–Trinajstić information content (AvgIpc) is 2.73. The fraction of sp³-hybridized carbons (Fsp3) is 0.524. The molecule has 1 saturated heterocycles. The molecule has 0 bridgehead atoms. The number of piperazine rings is 1. The second kappa shape index (κ2) is 11.5. The third-order valence-corrected chi connectivity index (χ3v) is 5.00. The molecule has 0 radical (unpaired) electrons.